The quantitative estimate of drug-likeness (QED) is 0.508. The zero-order valence-corrected chi connectivity index (χ0v) is 19.7. The lowest BCUT2D eigenvalue weighted by molar-refractivity contribution is -0.0771. The number of methoxy groups -OCH3 is 1. The topological polar surface area (TPSA) is 121 Å². The number of aliphatic hydroxyl groups is 1. The van der Waals surface area contributed by atoms with Crippen molar-refractivity contribution in [2.24, 2.45) is 0 Å². The molecule has 0 radical (unpaired) electrons. The summed E-state index contributed by atoms with van der Waals surface area (Å²) in [5.74, 6) is 1.94. The summed E-state index contributed by atoms with van der Waals surface area (Å²) in [6.07, 6.45) is 0.326. The van der Waals surface area contributed by atoms with Gasteiger partial charge in [-0.05, 0) is 31.0 Å². The molecule has 180 valence electrons. The van der Waals surface area contributed by atoms with Crippen LogP contribution in [-0.2, 0) is 17.8 Å². The zero-order valence-electron chi connectivity index (χ0n) is 18.8. The molecule has 0 aromatic carbocycles. The lowest BCUT2D eigenvalue weighted by Gasteiger charge is -2.32. The van der Waals surface area contributed by atoms with Crippen molar-refractivity contribution >= 4 is 22.8 Å². The van der Waals surface area contributed by atoms with Gasteiger partial charge in [-0.15, -0.1) is 16.9 Å². The highest BCUT2D eigenvalue weighted by molar-refractivity contribution is 7.99. The van der Waals surface area contributed by atoms with Crippen LogP contribution in [0.1, 0.15) is 18.5 Å². The van der Waals surface area contributed by atoms with E-state index in [-0.39, 0.29) is 24.2 Å². The number of thioether (sulfide) groups is 1. The van der Waals surface area contributed by atoms with E-state index in [0.717, 1.165) is 28.1 Å². The molecule has 0 aliphatic carbocycles. The summed E-state index contributed by atoms with van der Waals surface area (Å²) in [4.78, 5) is 17.9. The summed E-state index contributed by atoms with van der Waals surface area (Å²) < 4.78 is 18.1. The van der Waals surface area contributed by atoms with E-state index in [1.165, 1.54) is 17.7 Å². The molecule has 0 spiro atoms. The minimum Gasteiger partial charge on any atom is -0.481 e. The molecule has 1 saturated heterocycles. The Hall–Kier alpha value is -2.73. The molecule has 11 heteroatoms. The molecule has 3 atom stereocenters. The lowest BCUT2D eigenvalue weighted by Crippen LogP contribution is -2.45. The van der Waals surface area contributed by atoms with Crippen LogP contribution in [0.5, 0.6) is 11.8 Å². The van der Waals surface area contributed by atoms with E-state index in [1.807, 2.05) is 12.1 Å². The highest BCUT2D eigenvalue weighted by Crippen LogP contribution is 2.30. The highest BCUT2D eigenvalue weighted by Gasteiger charge is 2.28. The zero-order chi connectivity index (χ0) is 23.5. The van der Waals surface area contributed by atoms with Gasteiger partial charge in [0.05, 0.1) is 49.7 Å². The van der Waals surface area contributed by atoms with Crippen LogP contribution in [-0.4, -0.2) is 69.2 Å². The normalized spacial score (nSPS) is 21.0. The number of nitrogens with zero attached hydrogens (tertiary/aromatic N) is 4. The smallest absolute Gasteiger partial charge is 0.252 e. The molecule has 5 heterocycles. The number of aromatic nitrogens is 4. The minimum atomic E-state index is -0.833. The van der Waals surface area contributed by atoms with Crippen molar-refractivity contribution < 1.29 is 19.3 Å². The molecular weight excluding hydrogens is 458 g/mol. The van der Waals surface area contributed by atoms with Gasteiger partial charge in [0, 0.05) is 35.9 Å². The molecule has 34 heavy (non-hydrogen) atoms. The van der Waals surface area contributed by atoms with Gasteiger partial charge in [-0.1, -0.05) is 0 Å². The monoisotopic (exact) mass is 485 g/mol. The Labute approximate surface area is 200 Å². The van der Waals surface area contributed by atoms with Gasteiger partial charge in [-0.25, -0.2) is 0 Å². The number of nitrogens with one attached hydrogen (secondary N) is 1. The molecular formula is C23H27N5O5S. The SMILES string of the molecule is COc1ccc2ccc(=O)n(C[C@H](O)C3CC[C@@H](NCc4cc5c(nn4)OCCS5)CO3)c2n1. The second-order valence-electron chi connectivity index (χ2n) is 8.34. The summed E-state index contributed by atoms with van der Waals surface area (Å²) in [6.45, 7) is 1.81. The Morgan fingerprint density at radius 3 is 3.00 bits per heavy atom. The predicted octanol–water partition coefficient (Wildman–Crippen LogP) is 1.38. The van der Waals surface area contributed by atoms with E-state index < -0.39 is 6.10 Å². The number of rotatable bonds is 7. The number of hydrogen-bond donors (Lipinski definition) is 2. The Balaban J connectivity index is 1.17. The molecule has 0 saturated carbocycles. The fourth-order valence-corrected chi connectivity index (χ4v) is 5.03. The Bertz CT molecular complexity index is 1210. The third kappa shape index (κ3) is 5.02. The van der Waals surface area contributed by atoms with Gasteiger partial charge in [0.15, 0.2) is 0 Å². The summed E-state index contributed by atoms with van der Waals surface area (Å²) in [6, 6.07) is 8.96. The summed E-state index contributed by atoms with van der Waals surface area (Å²) in [7, 11) is 1.53. The summed E-state index contributed by atoms with van der Waals surface area (Å²) in [5, 5.41) is 23.5. The molecule has 1 fully saturated rings. The maximum Gasteiger partial charge on any atom is 0.252 e. The third-order valence-electron chi connectivity index (χ3n) is 6.06. The van der Waals surface area contributed by atoms with Gasteiger partial charge in [-0.3, -0.25) is 9.36 Å². The number of pyridine rings is 2. The maximum absolute atomic E-state index is 12.5. The first-order chi connectivity index (χ1) is 16.6. The van der Waals surface area contributed by atoms with E-state index in [4.69, 9.17) is 14.2 Å². The van der Waals surface area contributed by atoms with Crippen molar-refractivity contribution in [2.45, 2.75) is 49.1 Å². The second kappa shape index (κ2) is 10.3. The van der Waals surface area contributed by atoms with Crippen LogP contribution >= 0.6 is 11.8 Å². The molecule has 0 amide bonds. The van der Waals surface area contributed by atoms with Gasteiger partial charge < -0.3 is 24.6 Å². The van der Waals surface area contributed by atoms with Crippen molar-refractivity contribution in [2.75, 3.05) is 26.1 Å². The number of fused-ring (bicyclic) bond motifs is 2. The molecule has 0 bridgehead atoms. The van der Waals surface area contributed by atoms with Gasteiger partial charge in [0.25, 0.3) is 5.56 Å². The van der Waals surface area contributed by atoms with Crippen LogP contribution in [0.15, 0.2) is 40.0 Å². The highest BCUT2D eigenvalue weighted by atomic mass is 32.2. The van der Waals surface area contributed by atoms with E-state index in [9.17, 15) is 9.90 Å². The van der Waals surface area contributed by atoms with Crippen molar-refractivity contribution in [3.05, 3.63) is 46.4 Å². The van der Waals surface area contributed by atoms with E-state index in [1.54, 1.807) is 23.9 Å². The standard InChI is InChI=1S/C23H27N5O5S/c1-31-20-6-2-14-3-7-21(30)28(22(14)25-20)12-17(29)18-5-4-15(13-33-18)24-11-16-10-19-23(27-26-16)32-8-9-34-19/h2-3,6-7,10,15,17-18,24,29H,4-5,8-9,11-13H2,1H3/t15-,17+,18?/m1/s1. The average Bonchev–Trinajstić information content (AvgIpc) is 2.89. The van der Waals surface area contributed by atoms with Gasteiger partial charge in [0.2, 0.25) is 11.8 Å². The van der Waals surface area contributed by atoms with E-state index in [0.29, 0.717) is 43.6 Å². The number of ether oxygens (including phenoxy) is 3. The van der Waals surface area contributed by atoms with Crippen LogP contribution in [0.2, 0.25) is 0 Å². The predicted molar refractivity (Wildman–Crippen MR) is 126 cm³/mol. The van der Waals surface area contributed by atoms with Gasteiger partial charge in [0.1, 0.15) is 5.65 Å². The average molecular weight is 486 g/mol. The summed E-state index contributed by atoms with van der Waals surface area (Å²) >= 11 is 1.73. The molecule has 2 N–H and O–H groups in total. The molecule has 1 unspecified atom stereocenters. The molecule has 3 aromatic rings. The number of hydrogen-bond acceptors (Lipinski definition) is 10. The van der Waals surface area contributed by atoms with E-state index >= 15 is 0 Å². The van der Waals surface area contributed by atoms with Crippen LogP contribution in [0.25, 0.3) is 11.0 Å². The first-order valence-electron chi connectivity index (χ1n) is 11.3. The van der Waals surface area contributed by atoms with Crippen molar-refractivity contribution in [1.82, 2.24) is 25.1 Å². The maximum atomic E-state index is 12.5. The van der Waals surface area contributed by atoms with Crippen LogP contribution in [0.3, 0.4) is 0 Å². The second-order valence-corrected chi connectivity index (χ2v) is 9.48. The Kier molecular flexibility index (Phi) is 6.95. The molecule has 5 rings (SSSR count). The van der Waals surface area contributed by atoms with Crippen LogP contribution in [0.4, 0.5) is 0 Å². The minimum absolute atomic E-state index is 0.101. The van der Waals surface area contributed by atoms with Crippen molar-refractivity contribution in [3.8, 4) is 11.8 Å². The molecule has 2 aliphatic rings. The largest absolute Gasteiger partial charge is 0.481 e. The Morgan fingerprint density at radius 1 is 1.29 bits per heavy atom. The van der Waals surface area contributed by atoms with Crippen molar-refractivity contribution in [1.29, 1.82) is 0 Å². The van der Waals surface area contributed by atoms with Gasteiger partial charge >= 0.3 is 0 Å². The molecule has 3 aromatic heterocycles. The molecule has 2 aliphatic heterocycles. The first-order valence-corrected chi connectivity index (χ1v) is 12.3. The van der Waals surface area contributed by atoms with Crippen LogP contribution < -0.4 is 20.3 Å². The molecule has 10 nitrogen and oxygen atoms in total. The van der Waals surface area contributed by atoms with E-state index in [2.05, 4.69) is 20.5 Å². The number of aliphatic hydroxyl groups excluding tert-OH is 1. The first kappa shape index (κ1) is 23.0. The van der Waals surface area contributed by atoms with Gasteiger partial charge in [-0.2, -0.15) is 10.1 Å². The fraction of sp³-hybridized carbons (Fsp3) is 0.478. The third-order valence-corrected chi connectivity index (χ3v) is 7.03. The van der Waals surface area contributed by atoms with Crippen molar-refractivity contribution in [3.63, 3.8) is 0 Å². The Morgan fingerprint density at radius 2 is 2.18 bits per heavy atom. The van der Waals surface area contributed by atoms with Crippen LogP contribution in [0, 0.1) is 0 Å². The lowest BCUT2D eigenvalue weighted by atomic mass is 10.0. The fourth-order valence-electron chi connectivity index (χ4n) is 4.20. The summed E-state index contributed by atoms with van der Waals surface area (Å²) in [5.41, 5.74) is 1.12.